The second-order valence-corrected chi connectivity index (χ2v) is 5.51. The number of anilines is 2. The van der Waals surface area contributed by atoms with Crippen LogP contribution in [-0.4, -0.2) is 16.1 Å². The van der Waals surface area contributed by atoms with Gasteiger partial charge in [0.15, 0.2) is 0 Å². The van der Waals surface area contributed by atoms with E-state index in [9.17, 15) is 4.79 Å². The van der Waals surface area contributed by atoms with E-state index in [1.165, 1.54) is 11.3 Å². The molecule has 0 bridgehead atoms. The maximum absolute atomic E-state index is 11.8. The van der Waals surface area contributed by atoms with Crippen LogP contribution in [-0.2, 0) is 0 Å². The molecule has 0 atom stereocenters. The summed E-state index contributed by atoms with van der Waals surface area (Å²) in [4.78, 5) is 13.6. The number of nitrogens with zero attached hydrogens (tertiary/aromatic N) is 2. The number of nitrogen functional groups attached to an aromatic ring is 1. The number of hydrogen-bond donors (Lipinski definition) is 2. The normalized spacial score (nSPS) is 10.4. The quantitative estimate of drug-likeness (QED) is 0.859. The highest BCUT2D eigenvalue weighted by Crippen LogP contribution is 2.23. The lowest BCUT2D eigenvalue weighted by Crippen LogP contribution is -2.09. The van der Waals surface area contributed by atoms with Crippen molar-refractivity contribution in [1.82, 2.24) is 10.2 Å². The van der Waals surface area contributed by atoms with E-state index in [4.69, 9.17) is 5.73 Å². The Labute approximate surface area is 100 Å². The molecule has 2 rings (SSSR count). The van der Waals surface area contributed by atoms with Gasteiger partial charge < -0.3 is 5.73 Å². The van der Waals surface area contributed by atoms with Crippen molar-refractivity contribution in [3.63, 3.8) is 0 Å². The highest BCUT2D eigenvalue weighted by Gasteiger charge is 2.12. The van der Waals surface area contributed by atoms with Gasteiger partial charge in [0.1, 0.15) is 0 Å². The average Bonchev–Trinajstić information content (AvgIpc) is 2.75. The topological polar surface area (TPSA) is 80.9 Å². The number of hydrogen-bond acceptors (Lipinski definition) is 6. The maximum Gasteiger partial charge on any atom is 0.267 e. The number of aromatic nitrogens is 2. The Morgan fingerprint density at radius 1 is 1.38 bits per heavy atom. The van der Waals surface area contributed by atoms with Gasteiger partial charge in [0, 0.05) is 4.88 Å². The molecule has 2 heterocycles. The number of nitrogens with two attached hydrogens (primary N) is 1. The third kappa shape index (κ3) is 2.20. The summed E-state index contributed by atoms with van der Waals surface area (Å²) in [5, 5.41) is 10.8. The van der Waals surface area contributed by atoms with Crippen molar-refractivity contribution < 1.29 is 4.79 Å². The van der Waals surface area contributed by atoms with Gasteiger partial charge in [-0.1, -0.05) is 11.3 Å². The van der Waals surface area contributed by atoms with Gasteiger partial charge in [0.25, 0.3) is 5.91 Å². The minimum absolute atomic E-state index is 0.169. The first-order chi connectivity index (χ1) is 7.56. The highest BCUT2D eigenvalue weighted by atomic mass is 32.1. The Kier molecular flexibility index (Phi) is 2.88. The Morgan fingerprint density at radius 2 is 2.12 bits per heavy atom. The number of carbonyl (C=O) groups is 1. The molecule has 0 aliphatic rings. The number of nitrogens with one attached hydrogen (secondary N) is 1. The summed E-state index contributed by atoms with van der Waals surface area (Å²) >= 11 is 2.61. The SMILES string of the molecule is Cc1cc(C(=O)Nc2nnc(N)s2)sc1C. The van der Waals surface area contributed by atoms with Crippen LogP contribution in [0, 0.1) is 13.8 Å². The Balaban J connectivity index is 2.14. The standard InChI is InChI=1S/C9H10N4OS2/c1-4-3-6(15-5(4)2)7(14)11-9-13-12-8(10)16-9/h3H,1-2H3,(H2,10,12)(H,11,13,14). The summed E-state index contributed by atoms with van der Waals surface area (Å²) in [6.07, 6.45) is 0. The summed E-state index contributed by atoms with van der Waals surface area (Å²) in [6, 6.07) is 1.86. The number of carbonyl (C=O) groups excluding carboxylic acids is 1. The fraction of sp³-hybridized carbons (Fsp3) is 0.222. The third-order valence-electron chi connectivity index (χ3n) is 2.05. The Bertz CT molecular complexity index is 512. The monoisotopic (exact) mass is 254 g/mol. The molecule has 0 aliphatic heterocycles. The van der Waals surface area contributed by atoms with E-state index < -0.39 is 0 Å². The van der Waals surface area contributed by atoms with Gasteiger partial charge in [-0.2, -0.15) is 0 Å². The van der Waals surface area contributed by atoms with Gasteiger partial charge in [-0.15, -0.1) is 21.5 Å². The van der Waals surface area contributed by atoms with E-state index in [1.54, 1.807) is 0 Å². The van der Waals surface area contributed by atoms with Crippen molar-refractivity contribution in [3.8, 4) is 0 Å². The second-order valence-electron chi connectivity index (χ2n) is 3.25. The van der Waals surface area contributed by atoms with E-state index in [0.717, 1.165) is 21.8 Å². The average molecular weight is 254 g/mol. The van der Waals surface area contributed by atoms with Crippen LogP contribution < -0.4 is 11.1 Å². The first kappa shape index (κ1) is 11.0. The van der Waals surface area contributed by atoms with Gasteiger partial charge >= 0.3 is 0 Å². The highest BCUT2D eigenvalue weighted by molar-refractivity contribution is 7.19. The predicted molar refractivity (Wildman–Crippen MR) is 66.1 cm³/mol. The zero-order chi connectivity index (χ0) is 11.7. The van der Waals surface area contributed by atoms with Gasteiger partial charge in [-0.25, -0.2) is 0 Å². The molecule has 3 N–H and O–H groups in total. The fourth-order valence-corrected chi connectivity index (χ4v) is 2.56. The molecular weight excluding hydrogens is 244 g/mol. The zero-order valence-electron chi connectivity index (χ0n) is 8.77. The molecule has 2 aromatic heterocycles. The number of rotatable bonds is 2. The predicted octanol–water partition coefficient (Wildman–Crippen LogP) is 2.05. The minimum Gasteiger partial charge on any atom is -0.374 e. The summed E-state index contributed by atoms with van der Waals surface area (Å²) in [5.74, 6) is -0.169. The molecule has 84 valence electrons. The molecule has 16 heavy (non-hydrogen) atoms. The van der Waals surface area contributed by atoms with Gasteiger partial charge in [-0.3, -0.25) is 10.1 Å². The van der Waals surface area contributed by atoms with Crippen molar-refractivity contribution in [2.24, 2.45) is 0 Å². The van der Waals surface area contributed by atoms with Crippen LogP contribution in [0.3, 0.4) is 0 Å². The second kappa shape index (κ2) is 4.18. The van der Waals surface area contributed by atoms with Crippen molar-refractivity contribution in [2.75, 3.05) is 11.1 Å². The maximum atomic E-state index is 11.8. The molecule has 0 unspecified atom stereocenters. The van der Waals surface area contributed by atoms with E-state index >= 15 is 0 Å². The lowest BCUT2D eigenvalue weighted by molar-refractivity contribution is 0.103. The van der Waals surface area contributed by atoms with E-state index in [2.05, 4.69) is 15.5 Å². The summed E-state index contributed by atoms with van der Waals surface area (Å²) in [7, 11) is 0. The van der Waals surface area contributed by atoms with Crippen LogP contribution in [0.4, 0.5) is 10.3 Å². The number of amides is 1. The summed E-state index contributed by atoms with van der Waals surface area (Å²) in [5.41, 5.74) is 6.53. The van der Waals surface area contributed by atoms with E-state index in [-0.39, 0.29) is 5.91 Å². The van der Waals surface area contributed by atoms with Crippen LogP contribution in [0.2, 0.25) is 0 Å². The van der Waals surface area contributed by atoms with E-state index in [0.29, 0.717) is 15.1 Å². The molecule has 0 fully saturated rings. The molecule has 5 nitrogen and oxygen atoms in total. The molecule has 0 radical (unpaired) electrons. The first-order valence-corrected chi connectivity index (χ1v) is 6.17. The Morgan fingerprint density at radius 3 is 2.62 bits per heavy atom. The first-order valence-electron chi connectivity index (χ1n) is 4.53. The minimum atomic E-state index is -0.169. The molecular formula is C9H10N4OS2. The molecule has 0 spiro atoms. The van der Waals surface area contributed by atoms with E-state index in [1.807, 2.05) is 19.9 Å². The van der Waals surface area contributed by atoms with Crippen molar-refractivity contribution in [2.45, 2.75) is 13.8 Å². The molecule has 0 aromatic carbocycles. The molecule has 0 aliphatic carbocycles. The number of thiophene rings is 1. The fourth-order valence-electron chi connectivity index (χ4n) is 1.13. The number of aryl methyl sites for hydroxylation is 2. The molecule has 1 amide bonds. The molecule has 2 aromatic rings. The molecule has 7 heteroatoms. The molecule has 0 saturated carbocycles. The Hall–Kier alpha value is -1.47. The smallest absolute Gasteiger partial charge is 0.267 e. The zero-order valence-corrected chi connectivity index (χ0v) is 10.4. The van der Waals surface area contributed by atoms with Crippen LogP contribution in [0.1, 0.15) is 20.1 Å². The molecule has 0 saturated heterocycles. The van der Waals surface area contributed by atoms with Crippen LogP contribution in [0.15, 0.2) is 6.07 Å². The lowest BCUT2D eigenvalue weighted by Gasteiger charge is -1.96. The van der Waals surface area contributed by atoms with Crippen LogP contribution in [0.25, 0.3) is 0 Å². The summed E-state index contributed by atoms with van der Waals surface area (Å²) < 4.78 is 0. The lowest BCUT2D eigenvalue weighted by atomic mass is 10.3. The third-order valence-corrected chi connectivity index (χ3v) is 3.87. The van der Waals surface area contributed by atoms with Gasteiger partial charge in [0.2, 0.25) is 10.3 Å². The largest absolute Gasteiger partial charge is 0.374 e. The van der Waals surface area contributed by atoms with Gasteiger partial charge in [0.05, 0.1) is 4.88 Å². The summed E-state index contributed by atoms with van der Waals surface area (Å²) in [6.45, 7) is 3.96. The van der Waals surface area contributed by atoms with Crippen LogP contribution in [0.5, 0.6) is 0 Å². The van der Waals surface area contributed by atoms with Crippen molar-refractivity contribution in [1.29, 1.82) is 0 Å². The van der Waals surface area contributed by atoms with Crippen LogP contribution >= 0.6 is 22.7 Å². The van der Waals surface area contributed by atoms with Crippen molar-refractivity contribution in [3.05, 3.63) is 21.4 Å². The van der Waals surface area contributed by atoms with Gasteiger partial charge in [-0.05, 0) is 25.5 Å². The van der Waals surface area contributed by atoms with Crippen molar-refractivity contribution >= 4 is 38.8 Å².